The van der Waals surface area contributed by atoms with E-state index in [0.29, 0.717) is 18.0 Å². The second-order valence-corrected chi connectivity index (χ2v) is 6.65. The number of benzene rings is 1. The average molecular weight is 315 g/mol. The number of nitrogens with one attached hydrogen (secondary N) is 2. The minimum absolute atomic E-state index is 0.207. The van der Waals surface area contributed by atoms with Gasteiger partial charge in [-0.15, -0.1) is 0 Å². The molecule has 0 atom stereocenters. The number of ether oxygens (including phenoxy) is 2. The Balaban J connectivity index is 1.89. The summed E-state index contributed by atoms with van der Waals surface area (Å²) in [5.74, 6) is 1.33. The second kappa shape index (κ2) is 7.08. The summed E-state index contributed by atoms with van der Waals surface area (Å²) in [5, 5.41) is 2.99. The van der Waals surface area contributed by atoms with Crippen LogP contribution in [0.1, 0.15) is 12.0 Å². The minimum atomic E-state index is -3.47. The van der Waals surface area contributed by atoms with Gasteiger partial charge in [0.05, 0.1) is 0 Å². The summed E-state index contributed by atoms with van der Waals surface area (Å²) in [6.07, 6.45) is 0.762. The van der Waals surface area contributed by atoms with E-state index in [1.807, 2.05) is 13.1 Å². The van der Waals surface area contributed by atoms with Gasteiger partial charge in [0.1, 0.15) is 0 Å². The zero-order valence-electron chi connectivity index (χ0n) is 12.3. The lowest BCUT2D eigenvalue weighted by atomic mass is 10.2. The summed E-state index contributed by atoms with van der Waals surface area (Å²) in [4.78, 5) is 0. The molecule has 0 aromatic heterocycles. The normalized spacial score (nSPS) is 13.9. The predicted octanol–water partition coefficient (Wildman–Crippen LogP) is 0.291. The highest BCUT2D eigenvalue weighted by Crippen LogP contribution is 2.32. The minimum Gasteiger partial charge on any atom is -0.454 e. The Morgan fingerprint density at radius 1 is 1.29 bits per heavy atom. The monoisotopic (exact) mass is 315 g/mol. The van der Waals surface area contributed by atoms with Crippen LogP contribution >= 0.6 is 0 Å². The largest absolute Gasteiger partial charge is 0.454 e. The lowest BCUT2D eigenvalue weighted by molar-refractivity contribution is 0.174. The Morgan fingerprint density at radius 2 is 2.05 bits per heavy atom. The fourth-order valence-electron chi connectivity index (χ4n) is 1.93. The summed E-state index contributed by atoms with van der Waals surface area (Å²) in [7, 11) is -0.0628. The molecule has 2 rings (SSSR count). The third-order valence-corrected chi connectivity index (χ3v) is 4.72. The fraction of sp³-hybridized carbons (Fsp3) is 0.538. The molecular formula is C13H21N3O4S. The van der Waals surface area contributed by atoms with E-state index in [1.165, 1.54) is 4.31 Å². The van der Waals surface area contributed by atoms with Gasteiger partial charge in [-0.3, -0.25) is 0 Å². The number of nitrogens with zero attached hydrogens (tertiary/aromatic N) is 1. The smallest absolute Gasteiger partial charge is 0.279 e. The molecule has 1 aromatic carbocycles. The van der Waals surface area contributed by atoms with Crippen LogP contribution in [0.3, 0.4) is 0 Å². The van der Waals surface area contributed by atoms with E-state index in [0.717, 1.165) is 18.5 Å². The summed E-state index contributed by atoms with van der Waals surface area (Å²) < 4.78 is 38.5. The summed E-state index contributed by atoms with van der Waals surface area (Å²) >= 11 is 0. The Hall–Kier alpha value is -1.35. The van der Waals surface area contributed by atoms with Crippen LogP contribution in [-0.2, 0) is 16.8 Å². The van der Waals surface area contributed by atoms with E-state index in [9.17, 15) is 8.42 Å². The topological polar surface area (TPSA) is 79.9 Å². The molecule has 21 heavy (non-hydrogen) atoms. The molecule has 1 aromatic rings. The average Bonchev–Trinajstić information content (AvgIpc) is 2.92. The van der Waals surface area contributed by atoms with Crippen molar-refractivity contribution in [3.63, 3.8) is 0 Å². The number of hydrogen-bond donors (Lipinski definition) is 2. The van der Waals surface area contributed by atoms with E-state index in [2.05, 4.69) is 10.0 Å². The van der Waals surface area contributed by atoms with Crippen LogP contribution in [0.4, 0.5) is 0 Å². The molecule has 0 amide bonds. The molecule has 0 bridgehead atoms. The predicted molar refractivity (Wildman–Crippen MR) is 79.5 cm³/mol. The first-order valence-corrected chi connectivity index (χ1v) is 8.21. The Morgan fingerprint density at radius 3 is 2.81 bits per heavy atom. The van der Waals surface area contributed by atoms with Crippen molar-refractivity contribution in [3.8, 4) is 11.5 Å². The molecule has 2 N–H and O–H groups in total. The molecule has 1 aliphatic rings. The quantitative estimate of drug-likeness (QED) is 0.674. The summed E-state index contributed by atoms with van der Waals surface area (Å²) in [6.45, 7) is 1.67. The van der Waals surface area contributed by atoms with E-state index in [4.69, 9.17) is 9.47 Å². The molecule has 7 nitrogen and oxygen atoms in total. The van der Waals surface area contributed by atoms with E-state index >= 15 is 0 Å². The highest BCUT2D eigenvalue weighted by Gasteiger charge is 2.18. The zero-order chi connectivity index (χ0) is 15.3. The third-order valence-electron chi connectivity index (χ3n) is 3.21. The molecule has 1 heterocycles. The highest BCUT2D eigenvalue weighted by atomic mass is 32.2. The molecule has 0 saturated carbocycles. The molecule has 0 unspecified atom stereocenters. The fourth-order valence-corrected chi connectivity index (χ4v) is 2.87. The van der Waals surface area contributed by atoms with Gasteiger partial charge >= 0.3 is 0 Å². The first kappa shape index (κ1) is 16.0. The summed E-state index contributed by atoms with van der Waals surface area (Å²) in [5.41, 5.74) is 0.825. The van der Waals surface area contributed by atoms with Crippen molar-refractivity contribution in [1.29, 1.82) is 0 Å². The maximum Gasteiger partial charge on any atom is 0.279 e. The van der Waals surface area contributed by atoms with Crippen LogP contribution in [0.5, 0.6) is 11.5 Å². The molecule has 1 aliphatic heterocycles. The van der Waals surface area contributed by atoms with Crippen LogP contribution in [0.2, 0.25) is 0 Å². The molecule has 0 saturated heterocycles. The first-order chi connectivity index (χ1) is 10.0. The van der Waals surface area contributed by atoms with Crippen molar-refractivity contribution in [1.82, 2.24) is 14.3 Å². The zero-order valence-corrected chi connectivity index (χ0v) is 13.1. The van der Waals surface area contributed by atoms with Crippen LogP contribution < -0.4 is 19.5 Å². The van der Waals surface area contributed by atoms with Gasteiger partial charge in [0, 0.05) is 20.1 Å². The molecule has 0 spiro atoms. The van der Waals surface area contributed by atoms with E-state index in [-0.39, 0.29) is 13.3 Å². The van der Waals surface area contributed by atoms with Gasteiger partial charge < -0.3 is 14.8 Å². The molecule has 0 fully saturated rings. The van der Waals surface area contributed by atoms with Crippen molar-refractivity contribution in [2.24, 2.45) is 0 Å². The Bertz CT molecular complexity index is 577. The Kier molecular flexibility index (Phi) is 5.40. The highest BCUT2D eigenvalue weighted by molar-refractivity contribution is 7.87. The van der Waals surface area contributed by atoms with Crippen LogP contribution in [0.15, 0.2) is 18.2 Å². The number of fused-ring (bicyclic) bond motifs is 1. The lowest BCUT2D eigenvalue weighted by Crippen LogP contribution is -2.38. The van der Waals surface area contributed by atoms with Crippen LogP contribution in [0, 0.1) is 0 Å². The van der Waals surface area contributed by atoms with Gasteiger partial charge in [-0.05, 0) is 37.7 Å². The lowest BCUT2D eigenvalue weighted by Gasteiger charge is -2.17. The van der Waals surface area contributed by atoms with E-state index in [1.54, 1.807) is 19.2 Å². The maximum absolute atomic E-state index is 12.1. The maximum atomic E-state index is 12.1. The Labute approximate surface area is 125 Å². The molecular weight excluding hydrogens is 294 g/mol. The van der Waals surface area contributed by atoms with Crippen molar-refractivity contribution >= 4 is 10.2 Å². The van der Waals surface area contributed by atoms with Gasteiger partial charge in [0.25, 0.3) is 10.2 Å². The third kappa shape index (κ3) is 4.31. The molecule has 0 radical (unpaired) electrons. The van der Waals surface area contributed by atoms with Crippen LogP contribution in [-0.4, -0.2) is 46.7 Å². The van der Waals surface area contributed by atoms with Gasteiger partial charge in [0.2, 0.25) is 6.79 Å². The van der Waals surface area contributed by atoms with E-state index < -0.39 is 10.2 Å². The van der Waals surface area contributed by atoms with Crippen molar-refractivity contribution in [2.75, 3.05) is 34.0 Å². The van der Waals surface area contributed by atoms with Crippen LogP contribution in [0.25, 0.3) is 0 Å². The van der Waals surface area contributed by atoms with Crippen molar-refractivity contribution in [3.05, 3.63) is 23.8 Å². The van der Waals surface area contributed by atoms with Crippen molar-refractivity contribution in [2.45, 2.75) is 13.0 Å². The second-order valence-electron chi connectivity index (χ2n) is 4.79. The first-order valence-electron chi connectivity index (χ1n) is 6.77. The van der Waals surface area contributed by atoms with Gasteiger partial charge in [-0.2, -0.15) is 17.4 Å². The van der Waals surface area contributed by atoms with Gasteiger partial charge in [0.15, 0.2) is 11.5 Å². The summed E-state index contributed by atoms with van der Waals surface area (Å²) in [6, 6.07) is 5.38. The van der Waals surface area contributed by atoms with Gasteiger partial charge in [-0.25, -0.2) is 0 Å². The molecule has 0 aliphatic carbocycles. The van der Waals surface area contributed by atoms with Gasteiger partial charge in [-0.1, -0.05) is 6.07 Å². The number of hydrogen-bond acceptors (Lipinski definition) is 5. The molecule has 8 heteroatoms. The SMILES string of the molecule is CNCCCN(C)S(=O)(=O)NCc1ccc2c(c1)OCO2. The molecule has 118 valence electrons. The number of rotatable bonds is 8. The van der Waals surface area contributed by atoms with Crippen molar-refractivity contribution < 1.29 is 17.9 Å². The standard InChI is InChI=1S/C13H21N3O4S/c1-14-6-3-7-16(2)21(17,18)15-9-11-4-5-12-13(8-11)20-10-19-12/h4-5,8,14-15H,3,6-7,9-10H2,1-2H3.